The van der Waals surface area contributed by atoms with Crippen LogP contribution >= 0.6 is 0 Å². The van der Waals surface area contributed by atoms with Crippen LogP contribution in [0.15, 0.2) is 36.7 Å². The number of rotatable bonds is 6. The van der Waals surface area contributed by atoms with Gasteiger partial charge in [0.25, 0.3) is 0 Å². The molecule has 0 fully saturated rings. The van der Waals surface area contributed by atoms with Crippen molar-refractivity contribution in [2.75, 3.05) is 6.54 Å². The number of nitrogens with zero attached hydrogens (tertiary/aromatic N) is 2. The first-order chi connectivity index (χ1) is 11.0. The van der Waals surface area contributed by atoms with E-state index in [4.69, 9.17) is 0 Å². The maximum Gasteiger partial charge on any atom is 0.315 e. The van der Waals surface area contributed by atoms with Crippen LogP contribution in [0.5, 0.6) is 0 Å². The van der Waals surface area contributed by atoms with Crippen LogP contribution in [0.1, 0.15) is 42.2 Å². The van der Waals surface area contributed by atoms with Crippen molar-refractivity contribution in [2.45, 2.75) is 32.4 Å². The summed E-state index contributed by atoms with van der Waals surface area (Å²) in [5.41, 5.74) is 2.94. The monoisotopic (exact) mass is 316 g/mol. The largest absolute Gasteiger partial charge is 0.386 e. The van der Waals surface area contributed by atoms with Gasteiger partial charge in [0, 0.05) is 25.4 Å². The van der Waals surface area contributed by atoms with E-state index < -0.39 is 6.10 Å². The van der Waals surface area contributed by atoms with Crippen LogP contribution in [0.25, 0.3) is 0 Å². The van der Waals surface area contributed by atoms with E-state index in [1.54, 1.807) is 24.1 Å². The minimum Gasteiger partial charge on any atom is -0.386 e. The first kappa shape index (κ1) is 17.0. The number of hydrogen-bond acceptors (Lipinski definition) is 3. The van der Waals surface area contributed by atoms with Crippen LogP contribution in [0.4, 0.5) is 4.79 Å². The number of nitrogens with one attached hydrogen (secondary N) is 2. The predicted molar refractivity (Wildman–Crippen MR) is 88.9 cm³/mol. The number of aryl methyl sites for hydroxylation is 2. The molecular formula is C17H24N4O2. The third kappa shape index (κ3) is 4.82. The summed E-state index contributed by atoms with van der Waals surface area (Å²) in [7, 11) is 1.78. The highest BCUT2D eigenvalue weighted by Crippen LogP contribution is 2.17. The van der Waals surface area contributed by atoms with Gasteiger partial charge >= 0.3 is 6.03 Å². The lowest BCUT2D eigenvalue weighted by Crippen LogP contribution is -2.39. The minimum atomic E-state index is -0.770. The number of carbonyl (C=O) groups excluding carboxylic acids is 1. The summed E-state index contributed by atoms with van der Waals surface area (Å²) in [6.45, 7) is 4.20. The molecule has 0 aliphatic carbocycles. The van der Waals surface area contributed by atoms with Crippen molar-refractivity contribution in [2.24, 2.45) is 7.05 Å². The maximum absolute atomic E-state index is 12.0. The van der Waals surface area contributed by atoms with E-state index in [0.717, 1.165) is 12.0 Å². The van der Waals surface area contributed by atoms with E-state index in [1.807, 2.05) is 38.1 Å². The number of hydrogen-bond donors (Lipinski definition) is 3. The second kappa shape index (κ2) is 7.78. The zero-order chi connectivity index (χ0) is 16.8. The van der Waals surface area contributed by atoms with Gasteiger partial charge in [-0.05, 0) is 18.9 Å². The summed E-state index contributed by atoms with van der Waals surface area (Å²) in [4.78, 5) is 12.0. The molecule has 0 spiro atoms. The summed E-state index contributed by atoms with van der Waals surface area (Å²) in [6, 6.07) is 7.77. The van der Waals surface area contributed by atoms with Crippen LogP contribution in [0.3, 0.4) is 0 Å². The lowest BCUT2D eigenvalue weighted by Gasteiger charge is -2.19. The van der Waals surface area contributed by atoms with Crippen LogP contribution in [-0.4, -0.2) is 27.5 Å². The Labute approximate surface area is 136 Å². The van der Waals surface area contributed by atoms with Gasteiger partial charge in [0.05, 0.1) is 18.3 Å². The first-order valence-electron chi connectivity index (χ1n) is 7.77. The molecule has 0 bridgehead atoms. The number of amides is 2. The molecule has 6 nitrogen and oxygen atoms in total. The molecule has 2 rings (SSSR count). The van der Waals surface area contributed by atoms with Gasteiger partial charge < -0.3 is 15.7 Å². The van der Waals surface area contributed by atoms with E-state index in [2.05, 4.69) is 15.7 Å². The summed E-state index contributed by atoms with van der Waals surface area (Å²) >= 11 is 0. The molecule has 1 heterocycles. The van der Waals surface area contributed by atoms with Crippen molar-refractivity contribution >= 4 is 6.03 Å². The Bertz CT molecular complexity index is 636. The molecular weight excluding hydrogens is 292 g/mol. The maximum atomic E-state index is 12.0. The number of aliphatic hydroxyl groups excluding tert-OH is 1. The van der Waals surface area contributed by atoms with Gasteiger partial charge in [-0.2, -0.15) is 5.10 Å². The topological polar surface area (TPSA) is 79.2 Å². The minimum absolute atomic E-state index is 0.0499. The smallest absolute Gasteiger partial charge is 0.315 e. The van der Waals surface area contributed by atoms with Gasteiger partial charge in [-0.25, -0.2) is 4.79 Å². The predicted octanol–water partition coefficient (Wildman–Crippen LogP) is 2.21. The Balaban J connectivity index is 1.86. The van der Waals surface area contributed by atoms with Crippen molar-refractivity contribution < 1.29 is 9.90 Å². The van der Waals surface area contributed by atoms with E-state index in [0.29, 0.717) is 5.56 Å². The van der Waals surface area contributed by atoms with Crippen molar-refractivity contribution in [3.8, 4) is 0 Å². The molecule has 2 amide bonds. The molecule has 2 aromatic rings. The zero-order valence-electron chi connectivity index (χ0n) is 13.8. The lowest BCUT2D eigenvalue weighted by atomic mass is 10.0. The highest BCUT2D eigenvalue weighted by Gasteiger charge is 2.15. The van der Waals surface area contributed by atoms with Gasteiger partial charge in [-0.1, -0.05) is 36.8 Å². The van der Waals surface area contributed by atoms with E-state index >= 15 is 0 Å². The van der Waals surface area contributed by atoms with E-state index in [-0.39, 0.29) is 18.6 Å². The number of carbonyl (C=O) groups is 1. The van der Waals surface area contributed by atoms with Crippen molar-refractivity contribution in [1.82, 2.24) is 20.4 Å². The number of urea groups is 1. The van der Waals surface area contributed by atoms with Gasteiger partial charge in [0.1, 0.15) is 0 Å². The second-order valence-corrected chi connectivity index (χ2v) is 5.69. The third-order valence-electron chi connectivity index (χ3n) is 3.76. The average molecular weight is 316 g/mol. The summed E-state index contributed by atoms with van der Waals surface area (Å²) < 4.78 is 1.61. The molecule has 3 N–H and O–H groups in total. The van der Waals surface area contributed by atoms with Gasteiger partial charge in [-0.3, -0.25) is 4.68 Å². The Morgan fingerprint density at radius 3 is 2.57 bits per heavy atom. The highest BCUT2D eigenvalue weighted by atomic mass is 16.3. The Hall–Kier alpha value is -2.34. The Kier molecular flexibility index (Phi) is 5.76. The number of aromatic nitrogens is 2. The molecule has 0 aliphatic heterocycles. The molecule has 0 unspecified atom stereocenters. The SMILES string of the molecule is CC[C@H](NC(=O)NC[C@@H](O)c1cnn(C)c1)c1ccc(C)cc1. The standard InChI is InChI=1S/C17H24N4O2/c1-4-15(13-7-5-12(2)6-8-13)20-17(23)18-10-16(22)14-9-19-21(3)11-14/h5-9,11,15-16,22H,4,10H2,1-3H3,(H2,18,20,23)/t15-,16+/m0/s1. The van der Waals surface area contributed by atoms with Gasteiger partial charge in [0.2, 0.25) is 0 Å². The molecule has 6 heteroatoms. The van der Waals surface area contributed by atoms with Crippen molar-refractivity contribution in [3.63, 3.8) is 0 Å². The normalized spacial score (nSPS) is 13.4. The molecule has 124 valence electrons. The Morgan fingerprint density at radius 1 is 1.30 bits per heavy atom. The van der Waals surface area contributed by atoms with Crippen LogP contribution in [-0.2, 0) is 7.05 Å². The van der Waals surface area contributed by atoms with Crippen molar-refractivity contribution in [3.05, 3.63) is 53.3 Å². The zero-order valence-corrected chi connectivity index (χ0v) is 13.8. The molecule has 0 saturated carbocycles. The molecule has 0 aliphatic rings. The number of benzene rings is 1. The molecule has 2 atom stereocenters. The molecule has 0 radical (unpaired) electrons. The molecule has 23 heavy (non-hydrogen) atoms. The van der Waals surface area contributed by atoms with Crippen LogP contribution < -0.4 is 10.6 Å². The van der Waals surface area contributed by atoms with Crippen LogP contribution in [0.2, 0.25) is 0 Å². The third-order valence-corrected chi connectivity index (χ3v) is 3.76. The molecule has 0 saturated heterocycles. The summed E-state index contributed by atoms with van der Waals surface area (Å²) in [5.74, 6) is 0. The Morgan fingerprint density at radius 2 is 2.00 bits per heavy atom. The highest BCUT2D eigenvalue weighted by molar-refractivity contribution is 5.74. The van der Waals surface area contributed by atoms with E-state index in [1.165, 1.54) is 5.56 Å². The first-order valence-corrected chi connectivity index (χ1v) is 7.77. The van der Waals surface area contributed by atoms with Gasteiger partial charge in [0.15, 0.2) is 0 Å². The lowest BCUT2D eigenvalue weighted by molar-refractivity contribution is 0.172. The van der Waals surface area contributed by atoms with E-state index in [9.17, 15) is 9.90 Å². The average Bonchev–Trinajstić information content (AvgIpc) is 2.98. The summed E-state index contributed by atoms with van der Waals surface area (Å²) in [6.07, 6.45) is 3.34. The molecule has 1 aromatic heterocycles. The fraction of sp³-hybridized carbons (Fsp3) is 0.412. The quantitative estimate of drug-likeness (QED) is 0.764. The second-order valence-electron chi connectivity index (χ2n) is 5.69. The fourth-order valence-corrected chi connectivity index (χ4v) is 2.35. The van der Waals surface area contributed by atoms with Crippen LogP contribution in [0, 0.1) is 6.92 Å². The van der Waals surface area contributed by atoms with Gasteiger partial charge in [-0.15, -0.1) is 0 Å². The van der Waals surface area contributed by atoms with Crippen molar-refractivity contribution in [1.29, 1.82) is 0 Å². The number of aliphatic hydroxyl groups is 1. The molecule has 1 aromatic carbocycles. The summed E-state index contributed by atoms with van der Waals surface area (Å²) in [5, 5.41) is 19.7. The fourth-order valence-electron chi connectivity index (χ4n) is 2.35.